The smallest absolute Gasteiger partial charge is 0.267 e. The lowest BCUT2D eigenvalue weighted by molar-refractivity contribution is -0.112. The van der Waals surface area contributed by atoms with E-state index in [4.69, 9.17) is 9.88 Å². The highest BCUT2D eigenvalue weighted by Crippen LogP contribution is 2.28. The highest BCUT2D eigenvalue weighted by atomic mass is 32.2. The summed E-state index contributed by atoms with van der Waals surface area (Å²) in [6, 6.07) is 15.1. The summed E-state index contributed by atoms with van der Waals surface area (Å²) in [5.74, 6) is 0.232. The molecule has 0 unspecified atom stereocenters. The number of nitriles is 1. The Morgan fingerprint density at radius 1 is 1.13 bits per heavy atom. The van der Waals surface area contributed by atoms with Crippen LogP contribution in [0.4, 0.5) is 11.4 Å². The predicted octanol–water partition coefficient (Wildman–Crippen LogP) is 1.51. The molecule has 1 fully saturated rings. The highest BCUT2D eigenvalue weighted by molar-refractivity contribution is 7.89. The van der Waals surface area contributed by atoms with Crippen molar-refractivity contribution in [1.29, 1.82) is 5.26 Å². The molecule has 10 heteroatoms. The first-order valence-electron chi connectivity index (χ1n) is 9.50. The summed E-state index contributed by atoms with van der Waals surface area (Å²) in [5, 5.41) is 17.1. The number of sulfonamides is 1. The van der Waals surface area contributed by atoms with Crippen LogP contribution in [0.2, 0.25) is 0 Å². The number of hydrogen-bond donors (Lipinski definition) is 2. The number of ether oxygens (including phenoxy) is 1. The largest absolute Gasteiger partial charge is 0.495 e. The summed E-state index contributed by atoms with van der Waals surface area (Å²) in [7, 11) is -2.18. The van der Waals surface area contributed by atoms with E-state index in [0.29, 0.717) is 31.9 Å². The van der Waals surface area contributed by atoms with Crippen molar-refractivity contribution >= 4 is 27.3 Å². The van der Waals surface area contributed by atoms with Crippen molar-refractivity contribution < 1.29 is 17.9 Å². The van der Waals surface area contributed by atoms with Crippen LogP contribution in [0.15, 0.2) is 65.2 Å². The normalized spacial score (nSPS) is 14.7. The van der Waals surface area contributed by atoms with Gasteiger partial charge in [-0.05, 0) is 36.4 Å². The second-order valence-electron chi connectivity index (χ2n) is 6.87. The van der Waals surface area contributed by atoms with Crippen molar-refractivity contribution in [3.8, 4) is 11.8 Å². The molecule has 1 heterocycles. The van der Waals surface area contributed by atoms with E-state index in [9.17, 15) is 18.5 Å². The number of para-hydroxylation sites is 2. The number of primary sulfonamides is 1. The van der Waals surface area contributed by atoms with E-state index in [1.165, 1.54) is 24.3 Å². The van der Waals surface area contributed by atoms with E-state index in [-0.39, 0.29) is 10.5 Å². The Bertz CT molecular complexity index is 1120. The summed E-state index contributed by atoms with van der Waals surface area (Å²) in [5.41, 5.74) is 1.33. The van der Waals surface area contributed by atoms with Crippen LogP contribution in [0.25, 0.3) is 0 Å². The van der Waals surface area contributed by atoms with Crippen molar-refractivity contribution in [3.05, 3.63) is 60.3 Å². The van der Waals surface area contributed by atoms with E-state index in [1.54, 1.807) is 13.3 Å². The molecule has 1 aliphatic heterocycles. The van der Waals surface area contributed by atoms with E-state index < -0.39 is 15.9 Å². The molecule has 1 saturated heterocycles. The average molecular weight is 442 g/mol. The third-order valence-corrected chi connectivity index (χ3v) is 5.79. The van der Waals surface area contributed by atoms with Crippen molar-refractivity contribution in [2.24, 2.45) is 5.14 Å². The molecule has 1 aliphatic rings. The van der Waals surface area contributed by atoms with Gasteiger partial charge in [-0.25, -0.2) is 13.6 Å². The topological polar surface area (TPSA) is 129 Å². The lowest BCUT2D eigenvalue weighted by Gasteiger charge is -2.36. The monoisotopic (exact) mass is 441 g/mol. The number of carbonyl (C=O) groups is 1. The zero-order chi connectivity index (χ0) is 22.4. The molecular weight excluding hydrogens is 418 g/mol. The van der Waals surface area contributed by atoms with Crippen LogP contribution >= 0.6 is 0 Å². The van der Waals surface area contributed by atoms with Crippen LogP contribution in [-0.4, -0.2) is 52.5 Å². The second kappa shape index (κ2) is 9.51. The molecule has 31 heavy (non-hydrogen) atoms. The third kappa shape index (κ3) is 5.53. The number of benzene rings is 2. The summed E-state index contributed by atoms with van der Waals surface area (Å²) in [6.45, 7) is 2.71. The van der Waals surface area contributed by atoms with Gasteiger partial charge in [0.05, 0.1) is 17.7 Å². The van der Waals surface area contributed by atoms with Crippen molar-refractivity contribution in [2.45, 2.75) is 4.90 Å². The van der Waals surface area contributed by atoms with Gasteiger partial charge in [0, 0.05) is 38.1 Å². The van der Waals surface area contributed by atoms with Crippen LogP contribution in [0.1, 0.15) is 0 Å². The van der Waals surface area contributed by atoms with Gasteiger partial charge in [0.2, 0.25) is 10.0 Å². The fourth-order valence-electron chi connectivity index (χ4n) is 3.23. The van der Waals surface area contributed by atoms with Crippen LogP contribution in [-0.2, 0) is 14.8 Å². The Hall–Kier alpha value is -3.55. The number of nitrogens with one attached hydrogen (secondary N) is 1. The van der Waals surface area contributed by atoms with Gasteiger partial charge < -0.3 is 19.9 Å². The SMILES string of the molecule is COc1ccccc1N1CCN(/C=C(/C#N)C(=O)Nc2ccc(S(N)(=O)=O)cc2)CC1. The van der Waals surface area contributed by atoms with Gasteiger partial charge in [0.15, 0.2) is 0 Å². The number of methoxy groups -OCH3 is 1. The maximum absolute atomic E-state index is 12.5. The Labute approximate surface area is 181 Å². The molecule has 0 radical (unpaired) electrons. The molecular formula is C21H23N5O4S. The van der Waals surface area contributed by atoms with Gasteiger partial charge in [0.1, 0.15) is 17.4 Å². The van der Waals surface area contributed by atoms with Gasteiger partial charge in [-0.1, -0.05) is 12.1 Å². The van der Waals surface area contributed by atoms with E-state index in [2.05, 4.69) is 10.2 Å². The van der Waals surface area contributed by atoms with E-state index >= 15 is 0 Å². The third-order valence-electron chi connectivity index (χ3n) is 4.86. The number of amides is 1. The van der Waals surface area contributed by atoms with Crippen molar-refractivity contribution in [2.75, 3.05) is 43.5 Å². The number of anilines is 2. The predicted molar refractivity (Wildman–Crippen MR) is 117 cm³/mol. The molecule has 0 aromatic heterocycles. The fraction of sp³-hybridized carbons (Fsp3) is 0.238. The molecule has 2 aromatic rings. The summed E-state index contributed by atoms with van der Waals surface area (Å²) in [6.07, 6.45) is 1.55. The Morgan fingerprint density at radius 2 is 1.77 bits per heavy atom. The molecule has 9 nitrogen and oxygen atoms in total. The standard InChI is InChI=1S/C21H23N5O4S/c1-30-20-5-3-2-4-19(20)26-12-10-25(11-13-26)15-16(14-22)21(27)24-17-6-8-18(9-7-17)31(23,28)29/h2-9,15H,10-13H2,1H3,(H,24,27)(H2,23,28,29)/b16-15-. The molecule has 3 rings (SSSR count). The number of nitrogens with zero attached hydrogens (tertiary/aromatic N) is 3. The Balaban J connectivity index is 1.63. The quantitative estimate of drug-likeness (QED) is 0.513. The minimum atomic E-state index is -3.81. The molecule has 1 amide bonds. The van der Waals surface area contributed by atoms with Crippen molar-refractivity contribution in [1.82, 2.24) is 4.90 Å². The maximum Gasteiger partial charge on any atom is 0.267 e. The molecule has 0 atom stereocenters. The first kappa shape index (κ1) is 22.1. The summed E-state index contributed by atoms with van der Waals surface area (Å²) >= 11 is 0. The van der Waals surface area contributed by atoms with Gasteiger partial charge in [-0.2, -0.15) is 5.26 Å². The van der Waals surface area contributed by atoms with Crippen LogP contribution < -0.4 is 20.1 Å². The summed E-state index contributed by atoms with van der Waals surface area (Å²) in [4.78, 5) is 16.5. The lowest BCUT2D eigenvalue weighted by Crippen LogP contribution is -2.44. The minimum absolute atomic E-state index is 0.0405. The number of rotatable bonds is 6. The lowest BCUT2D eigenvalue weighted by atomic mass is 10.2. The van der Waals surface area contributed by atoms with E-state index in [1.807, 2.05) is 35.2 Å². The number of nitrogens with two attached hydrogens (primary N) is 1. The van der Waals surface area contributed by atoms with Gasteiger partial charge >= 0.3 is 0 Å². The Kier molecular flexibility index (Phi) is 6.79. The highest BCUT2D eigenvalue weighted by Gasteiger charge is 2.20. The van der Waals surface area contributed by atoms with Crippen molar-refractivity contribution in [3.63, 3.8) is 0 Å². The van der Waals surface area contributed by atoms with Gasteiger partial charge in [0.25, 0.3) is 5.91 Å². The maximum atomic E-state index is 12.5. The zero-order valence-electron chi connectivity index (χ0n) is 17.0. The molecule has 162 valence electrons. The molecule has 0 aliphatic carbocycles. The minimum Gasteiger partial charge on any atom is -0.495 e. The molecule has 3 N–H and O–H groups in total. The molecule has 0 bridgehead atoms. The zero-order valence-corrected chi connectivity index (χ0v) is 17.8. The molecule has 0 spiro atoms. The fourth-order valence-corrected chi connectivity index (χ4v) is 3.75. The van der Waals surface area contributed by atoms with Gasteiger partial charge in [-0.15, -0.1) is 0 Å². The second-order valence-corrected chi connectivity index (χ2v) is 8.43. The van der Waals surface area contributed by atoms with E-state index in [0.717, 1.165) is 11.4 Å². The first-order valence-corrected chi connectivity index (χ1v) is 11.0. The first-order chi connectivity index (χ1) is 14.8. The number of carbonyl (C=O) groups excluding carboxylic acids is 1. The number of piperazine rings is 1. The Morgan fingerprint density at radius 3 is 2.35 bits per heavy atom. The average Bonchev–Trinajstić information content (AvgIpc) is 2.77. The van der Waals surface area contributed by atoms with Crippen LogP contribution in [0, 0.1) is 11.3 Å². The molecule has 0 saturated carbocycles. The number of hydrogen-bond acceptors (Lipinski definition) is 7. The van der Waals surface area contributed by atoms with Gasteiger partial charge in [-0.3, -0.25) is 4.79 Å². The van der Waals surface area contributed by atoms with Crippen LogP contribution in [0.3, 0.4) is 0 Å². The summed E-state index contributed by atoms with van der Waals surface area (Å²) < 4.78 is 28.0. The van der Waals surface area contributed by atoms with Crippen LogP contribution in [0.5, 0.6) is 5.75 Å². The molecule has 2 aromatic carbocycles.